The van der Waals surface area contributed by atoms with Gasteiger partial charge in [0.2, 0.25) is 0 Å². The zero-order valence-electron chi connectivity index (χ0n) is 9.19. The van der Waals surface area contributed by atoms with Crippen LogP contribution in [0.25, 0.3) is 0 Å². The van der Waals surface area contributed by atoms with Crippen LogP contribution in [0.15, 0.2) is 12.1 Å². The highest BCUT2D eigenvalue weighted by atomic mass is 35.5. The molecule has 5 heteroatoms. The van der Waals surface area contributed by atoms with Crippen molar-refractivity contribution in [3.05, 3.63) is 29.1 Å². The number of nitriles is 1. The molecule has 1 aliphatic rings. The zero-order chi connectivity index (χ0) is 11.7. The number of benzene rings is 1. The number of nitrogens with two attached hydrogens (primary N) is 1. The van der Waals surface area contributed by atoms with E-state index in [9.17, 15) is 9.50 Å². The molecule has 0 aromatic heterocycles. The molecule has 17 heavy (non-hydrogen) atoms. The van der Waals surface area contributed by atoms with Gasteiger partial charge in [0, 0.05) is 11.6 Å². The van der Waals surface area contributed by atoms with Crippen LogP contribution in [-0.4, -0.2) is 5.11 Å². The molecule has 3 N–H and O–H groups in total. The van der Waals surface area contributed by atoms with Gasteiger partial charge < -0.3 is 10.8 Å². The summed E-state index contributed by atoms with van der Waals surface area (Å²) >= 11 is 0. The minimum absolute atomic E-state index is 0. The maximum atomic E-state index is 13.3. The number of aromatic hydroxyl groups is 1. The second-order valence-corrected chi connectivity index (χ2v) is 4.29. The smallest absolute Gasteiger partial charge is 0.166 e. The molecule has 0 saturated heterocycles. The van der Waals surface area contributed by atoms with E-state index in [2.05, 4.69) is 0 Å². The quantitative estimate of drug-likeness (QED) is 0.873. The second-order valence-electron chi connectivity index (χ2n) is 4.29. The van der Waals surface area contributed by atoms with Gasteiger partial charge in [-0.3, -0.25) is 0 Å². The number of nitrogens with zero attached hydrogens (tertiary/aromatic N) is 1. The fraction of sp³-hybridized carbons (Fsp3) is 0.417. The highest BCUT2D eigenvalue weighted by molar-refractivity contribution is 5.85. The zero-order valence-corrected chi connectivity index (χ0v) is 10.0. The Balaban J connectivity index is 0.00000144. The summed E-state index contributed by atoms with van der Waals surface area (Å²) in [6, 6.07) is 3.94. The van der Waals surface area contributed by atoms with E-state index in [-0.39, 0.29) is 18.0 Å². The van der Waals surface area contributed by atoms with Crippen LogP contribution in [0.4, 0.5) is 4.39 Å². The van der Waals surface area contributed by atoms with Gasteiger partial charge in [0.25, 0.3) is 0 Å². The molecule has 3 nitrogen and oxygen atoms in total. The largest absolute Gasteiger partial charge is 0.505 e. The topological polar surface area (TPSA) is 70.0 Å². The molecule has 0 spiro atoms. The van der Waals surface area contributed by atoms with E-state index < -0.39 is 17.6 Å². The maximum Gasteiger partial charge on any atom is 0.166 e. The molecule has 1 saturated carbocycles. The van der Waals surface area contributed by atoms with Gasteiger partial charge in [-0.15, -0.1) is 12.4 Å². The monoisotopic (exact) mass is 256 g/mol. The Morgan fingerprint density at radius 2 is 2.18 bits per heavy atom. The number of rotatable bonds is 3. The third-order valence-electron chi connectivity index (χ3n) is 2.91. The predicted octanol–water partition coefficient (Wildman–Crippen LogP) is 2.62. The normalized spacial score (nSPS) is 15.8. The Labute approximate surface area is 105 Å². The van der Waals surface area contributed by atoms with Crippen LogP contribution in [0.3, 0.4) is 0 Å². The average Bonchev–Trinajstić information content (AvgIpc) is 3.05. The van der Waals surface area contributed by atoms with Crippen LogP contribution >= 0.6 is 12.4 Å². The molecule has 0 bridgehead atoms. The first kappa shape index (κ1) is 13.8. The average molecular weight is 257 g/mol. The molecule has 0 amide bonds. The summed E-state index contributed by atoms with van der Waals surface area (Å²) in [5.74, 6) is -0.615. The van der Waals surface area contributed by atoms with Crippen LogP contribution in [0.5, 0.6) is 5.75 Å². The van der Waals surface area contributed by atoms with E-state index in [0.717, 1.165) is 25.3 Å². The van der Waals surface area contributed by atoms with Crippen molar-refractivity contribution in [3.63, 3.8) is 0 Å². The van der Waals surface area contributed by atoms with Gasteiger partial charge in [0.15, 0.2) is 11.6 Å². The molecule has 92 valence electrons. The van der Waals surface area contributed by atoms with Gasteiger partial charge in [-0.1, -0.05) is 12.8 Å². The van der Waals surface area contributed by atoms with Gasteiger partial charge in [-0.05, 0) is 24.5 Å². The fourth-order valence-corrected chi connectivity index (χ4v) is 1.81. The van der Waals surface area contributed by atoms with Gasteiger partial charge in [-0.25, -0.2) is 4.39 Å². The lowest BCUT2D eigenvalue weighted by Gasteiger charge is -2.13. The molecular weight excluding hydrogens is 243 g/mol. The van der Waals surface area contributed by atoms with Crippen molar-refractivity contribution >= 4 is 12.4 Å². The predicted molar refractivity (Wildman–Crippen MR) is 64.3 cm³/mol. The summed E-state index contributed by atoms with van der Waals surface area (Å²) in [6.45, 7) is 0. The molecule has 1 atom stereocenters. The number of phenols is 1. The summed E-state index contributed by atoms with van der Waals surface area (Å²) in [6.07, 6.45) is 3.03. The molecule has 2 rings (SSSR count). The van der Waals surface area contributed by atoms with Gasteiger partial charge in [-0.2, -0.15) is 5.26 Å². The van der Waals surface area contributed by atoms with E-state index in [0.29, 0.717) is 11.5 Å². The van der Waals surface area contributed by atoms with Crippen molar-refractivity contribution in [1.29, 1.82) is 5.26 Å². The summed E-state index contributed by atoms with van der Waals surface area (Å²) < 4.78 is 13.3. The first-order valence-corrected chi connectivity index (χ1v) is 5.30. The number of hydrogen-bond acceptors (Lipinski definition) is 3. The van der Waals surface area contributed by atoms with E-state index >= 15 is 0 Å². The number of hydrogen-bond donors (Lipinski definition) is 2. The molecule has 0 aliphatic heterocycles. The maximum absolute atomic E-state index is 13.3. The van der Waals surface area contributed by atoms with Crippen molar-refractivity contribution in [2.24, 2.45) is 11.7 Å². The van der Waals surface area contributed by atoms with Crippen molar-refractivity contribution in [3.8, 4) is 11.8 Å². The molecule has 1 fully saturated rings. The number of phenolic OH excluding ortho intramolecular Hbond substituents is 1. The highest BCUT2D eigenvalue weighted by Gasteiger charge is 2.26. The molecule has 1 aliphatic carbocycles. The molecule has 0 radical (unpaired) electrons. The van der Waals surface area contributed by atoms with Gasteiger partial charge >= 0.3 is 0 Å². The highest BCUT2D eigenvalue weighted by Crippen LogP contribution is 2.39. The lowest BCUT2D eigenvalue weighted by atomic mass is 9.99. The summed E-state index contributed by atoms with van der Waals surface area (Å²) in [4.78, 5) is 0. The van der Waals surface area contributed by atoms with E-state index in [1.165, 1.54) is 6.07 Å². The fourth-order valence-electron chi connectivity index (χ4n) is 1.81. The Morgan fingerprint density at radius 3 is 2.71 bits per heavy atom. The van der Waals surface area contributed by atoms with Crippen molar-refractivity contribution in [2.45, 2.75) is 25.3 Å². The third-order valence-corrected chi connectivity index (χ3v) is 2.91. The molecule has 0 heterocycles. The SMILES string of the molecule is Cl.N#Cc1cc(F)c(O)c([C@@H](N)CC2CC2)c1. The molecular formula is C12H14ClFN2O. The Bertz CT molecular complexity index is 455. The first-order chi connectivity index (χ1) is 7.61. The van der Waals surface area contributed by atoms with Crippen molar-refractivity contribution in [1.82, 2.24) is 0 Å². The first-order valence-electron chi connectivity index (χ1n) is 5.30. The lowest BCUT2D eigenvalue weighted by molar-refractivity contribution is 0.416. The van der Waals surface area contributed by atoms with Crippen LogP contribution in [0.2, 0.25) is 0 Å². The molecule has 1 aromatic rings. The second kappa shape index (κ2) is 5.35. The van der Waals surface area contributed by atoms with Gasteiger partial charge in [0.1, 0.15) is 0 Å². The summed E-state index contributed by atoms with van der Waals surface area (Å²) in [5, 5.41) is 18.3. The standard InChI is InChI=1S/C12H13FN2O.ClH/c13-10-4-8(6-14)3-9(12(10)16)11(15)5-7-1-2-7;/h3-4,7,11,16H,1-2,5,15H2;1H/t11-;/m0./s1. The van der Waals surface area contributed by atoms with E-state index in [1.54, 1.807) is 0 Å². The van der Waals surface area contributed by atoms with Crippen molar-refractivity contribution in [2.75, 3.05) is 0 Å². The minimum atomic E-state index is -0.778. The Kier molecular flexibility index (Phi) is 4.33. The Morgan fingerprint density at radius 1 is 1.53 bits per heavy atom. The van der Waals surface area contributed by atoms with Crippen LogP contribution in [0, 0.1) is 23.1 Å². The van der Waals surface area contributed by atoms with E-state index in [1.807, 2.05) is 6.07 Å². The van der Waals surface area contributed by atoms with Crippen LogP contribution in [0.1, 0.15) is 36.4 Å². The van der Waals surface area contributed by atoms with E-state index in [4.69, 9.17) is 11.0 Å². The molecule has 0 unspecified atom stereocenters. The summed E-state index contributed by atoms with van der Waals surface area (Å²) in [5.41, 5.74) is 6.42. The minimum Gasteiger partial charge on any atom is -0.505 e. The lowest BCUT2D eigenvalue weighted by Crippen LogP contribution is -2.12. The van der Waals surface area contributed by atoms with Crippen molar-refractivity contribution < 1.29 is 9.50 Å². The van der Waals surface area contributed by atoms with Crippen LogP contribution < -0.4 is 5.73 Å². The summed E-state index contributed by atoms with van der Waals surface area (Å²) in [7, 11) is 0. The Hall–Kier alpha value is -1.31. The number of halogens is 2. The molecule has 1 aromatic carbocycles. The van der Waals surface area contributed by atoms with Gasteiger partial charge in [0.05, 0.1) is 11.6 Å². The van der Waals surface area contributed by atoms with Crippen LogP contribution in [-0.2, 0) is 0 Å². The third kappa shape index (κ3) is 3.09.